The van der Waals surface area contributed by atoms with Gasteiger partial charge in [0.1, 0.15) is 0 Å². The van der Waals surface area contributed by atoms with Gasteiger partial charge in [-0.05, 0) is 80.8 Å². The highest BCUT2D eigenvalue weighted by Crippen LogP contribution is 2.33. The zero-order valence-electron chi connectivity index (χ0n) is 21.4. The number of rotatable bonds is 9. The van der Waals surface area contributed by atoms with Crippen LogP contribution in [0.1, 0.15) is 55.1 Å². The number of halogens is 3. The molecule has 4 aromatic rings. The predicted octanol–water partition coefficient (Wildman–Crippen LogP) is 7.34. The summed E-state index contributed by atoms with van der Waals surface area (Å²) in [5, 5.41) is 7.24. The van der Waals surface area contributed by atoms with E-state index < -0.39 is 11.7 Å². The standard InChI is InChI=1S/C29H29F3N4O2/c1-4-5-7-20-10-12-21(13-11-20)27(37)33-24-14-16-25(17-15-24)36-26(34-28(35-36)38-19(2)3)22-8-6-9-23(18-22)29(30,31)32/h6,8-19H,4-5,7H2,1-3H3,(H,33,37). The fourth-order valence-electron chi connectivity index (χ4n) is 3.85. The van der Waals surface area contributed by atoms with E-state index in [2.05, 4.69) is 22.3 Å². The Morgan fingerprint density at radius 2 is 1.74 bits per heavy atom. The number of ether oxygens (including phenoxy) is 1. The molecule has 9 heteroatoms. The number of nitrogens with zero attached hydrogens (tertiary/aromatic N) is 3. The monoisotopic (exact) mass is 522 g/mol. The molecule has 3 aromatic carbocycles. The normalized spacial score (nSPS) is 11.6. The second kappa shape index (κ2) is 11.5. The summed E-state index contributed by atoms with van der Waals surface area (Å²) in [6.45, 7) is 5.75. The third-order valence-corrected chi connectivity index (χ3v) is 5.78. The lowest BCUT2D eigenvalue weighted by molar-refractivity contribution is -0.137. The molecule has 0 aliphatic carbocycles. The lowest BCUT2D eigenvalue weighted by Gasteiger charge is -2.10. The van der Waals surface area contributed by atoms with Gasteiger partial charge in [0.05, 0.1) is 17.4 Å². The molecule has 4 rings (SSSR count). The number of nitrogens with one attached hydrogen (secondary N) is 1. The summed E-state index contributed by atoms with van der Waals surface area (Å²) in [5.41, 5.74) is 2.30. The first-order valence-corrected chi connectivity index (χ1v) is 12.5. The van der Waals surface area contributed by atoms with E-state index in [1.54, 1.807) is 38.1 Å². The summed E-state index contributed by atoms with van der Waals surface area (Å²) in [4.78, 5) is 17.1. The van der Waals surface area contributed by atoms with Crippen LogP contribution < -0.4 is 10.1 Å². The van der Waals surface area contributed by atoms with Gasteiger partial charge >= 0.3 is 12.2 Å². The lowest BCUT2D eigenvalue weighted by Crippen LogP contribution is -2.12. The second-order valence-corrected chi connectivity index (χ2v) is 9.18. The van der Waals surface area contributed by atoms with E-state index >= 15 is 0 Å². The summed E-state index contributed by atoms with van der Waals surface area (Å²) in [7, 11) is 0. The Balaban J connectivity index is 1.58. The molecule has 0 unspecified atom stereocenters. The van der Waals surface area contributed by atoms with Gasteiger partial charge in [-0.1, -0.05) is 37.6 Å². The zero-order valence-corrected chi connectivity index (χ0v) is 21.4. The molecule has 0 radical (unpaired) electrons. The molecular formula is C29H29F3N4O2. The van der Waals surface area contributed by atoms with Gasteiger partial charge in [0.15, 0.2) is 5.82 Å². The van der Waals surface area contributed by atoms with Gasteiger partial charge in [0.25, 0.3) is 5.91 Å². The number of carbonyl (C=O) groups is 1. The number of unbranched alkanes of at least 4 members (excludes halogenated alkanes) is 1. The van der Waals surface area contributed by atoms with Crippen LogP contribution in [0.2, 0.25) is 0 Å². The van der Waals surface area contributed by atoms with E-state index in [-0.39, 0.29) is 29.4 Å². The summed E-state index contributed by atoms with van der Waals surface area (Å²) in [6, 6.07) is 19.3. The lowest BCUT2D eigenvalue weighted by atomic mass is 10.1. The van der Waals surface area contributed by atoms with Gasteiger partial charge in [-0.15, -0.1) is 5.10 Å². The first-order valence-electron chi connectivity index (χ1n) is 12.5. The van der Waals surface area contributed by atoms with Gasteiger partial charge in [-0.2, -0.15) is 18.2 Å². The Kier molecular flexibility index (Phi) is 8.14. The van der Waals surface area contributed by atoms with Crippen molar-refractivity contribution < 1.29 is 22.7 Å². The van der Waals surface area contributed by atoms with Gasteiger partial charge < -0.3 is 10.1 Å². The maximum absolute atomic E-state index is 13.3. The van der Waals surface area contributed by atoms with Crippen molar-refractivity contribution in [2.24, 2.45) is 0 Å². The minimum atomic E-state index is -4.49. The average molecular weight is 523 g/mol. The number of carbonyl (C=O) groups excluding carboxylic acids is 1. The molecule has 0 atom stereocenters. The minimum absolute atomic E-state index is 0.0483. The van der Waals surface area contributed by atoms with Crippen molar-refractivity contribution in [2.45, 2.75) is 52.3 Å². The molecule has 1 amide bonds. The summed E-state index contributed by atoms with van der Waals surface area (Å²) >= 11 is 0. The van der Waals surface area contributed by atoms with Crippen molar-refractivity contribution >= 4 is 11.6 Å². The maximum atomic E-state index is 13.3. The molecular weight excluding hydrogens is 493 g/mol. The molecule has 1 aromatic heterocycles. The number of amides is 1. The van der Waals surface area contributed by atoms with Crippen LogP contribution in [0.5, 0.6) is 6.01 Å². The topological polar surface area (TPSA) is 69.0 Å². The summed E-state index contributed by atoms with van der Waals surface area (Å²) in [5.74, 6) is -0.0375. The number of hydrogen-bond donors (Lipinski definition) is 1. The number of aromatic nitrogens is 3. The number of benzene rings is 3. The van der Waals surface area contributed by atoms with Crippen LogP contribution >= 0.6 is 0 Å². The zero-order chi connectivity index (χ0) is 27.3. The van der Waals surface area contributed by atoms with Crippen molar-refractivity contribution in [3.63, 3.8) is 0 Å². The van der Waals surface area contributed by atoms with E-state index in [0.717, 1.165) is 31.4 Å². The van der Waals surface area contributed by atoms with E-state index in [4.69, 9.17) is 4.74 Å². The largest absolute Gasteiger partial charge is 0.460 e. The summed E-state index contributed by atoms with van der Waals surface area (Å²) < 4.78 is 47.0. The second-order valence-electron chi connectivity index (χ2n) is 9.18. The smallest absolute Gasteiger partial charge is 0.416 e. The molecule has 0 saturated carbocycles. The highest BCUT2D eigenvalue weighted by Gasteiger charge is 2.31. The molecule has 0 aliphatic rings. The van der Waals surface area contributed by atoms with E-state index in [1.165, 1.54) is 22.4 Å². The molecule has 0 aliphatic heterocycles. The third-order valence-electron chi connectivity index (χ3n) is 5.78. The molecule has 0 saturated heterocycles. The minimum Gasteiger partial charge on any atom is -0.460 e. The molecule has 0 bridgehead atoms. The fraction of sp³-hybridized carbons (Fsp3) is 0.276. The Labute approximate surface area is 219 Å². The highest BCUT2D eigenvalue weighted by molar-refractivity contribution is 6.04. The van der Waals surface area contributed by atoms with Crippen molar-refractivity contribution in [1.82, 2.24) is 14.8 Å². The van der Waals surface area contributed by atoms with Crippen molar-refractivity contribution in [3.8, 4) is 23.1 Å². The van der Waals surface area contributed by atoms with Gasteiger partial charge in [-0.25, -0.2) is 4.68 Å². The Morgan fingerprint density at radius 3 is 2.37 bits per heavy atom. The summed E-state index contributed by atoms with van der Waals surface area (Å²) in [6.07, 6.45) is -1.52. The van der Waals surface area contributed by atoms with Crippen molar-refractivity contribution in [2.75, 3.05) is 5.32 Å². The molecule has 1 heterocycles. The van der Waals surface area contributed by atoms with E-state index in [1.807, 2.05) is 24.3 Å². The predicted molar refractivity (Wildman–Crippen MR) is 141 cm³/mol. The number of hydrogen-bond acceptors (Lipinski definition) is 4. The molecule has 6 nitrogen and oxygen atoms in total. The van der Waals surface area contributed by atoms with Crippen LogP contribution in [0, 0.1) is 0 Å². The maximum Gasteiger partial charge on any atom is 0.416 e. The molecule has 0 spiro atoms. The van der Waals surface area contributed by atoms with Gasteiger partial charge in [-0.3, -0.25) is 4.79 Å². The van der Waals surface area contributed by atoms with Crippen molar-refractivity contribution in [3.05, 3.63) is 89.5 Å². The molecule has 1 N–H and O–H groups in total. The van der Waals surface area contributed by atoms with E-state index in [9.17, 15) is 18.0 Å². The van der Waals surface area contributed by atoms with Crippen LogP contribution in [-0.4, -0.2) is 26.8 Å². The molecule has 38 heavy (non-hydrogen) atoms. The highest BCUT2D eigenvalue weighted by atomic mass is 19.4. The van der Waals surface area contributed by atoms with Gasteiger partial charge in [0.2, 0.25) is 0 Å². The quantitative estimate of drug-likeness (QED) is 0.250. The van der Waals surface area contributed by atoms with Crippen molar-refractivity contribution in [1.29, 1.82) is 0 Å². The average Bonchev–Trinajstić information content (AvgIpc) is 3.31. The molecule has 198 valence electrons. The Morgan fingerprint density at radius 1 is 1.03 bits per heavy atom. The Hall–Kier alpha value is -4.14. The number of anilines is 1. The SMILES string of the molecule is CCCCc1ccc(C(=O)Nc2ccc(-n3nc(OC(C)C)nc3-c3cccc(C(F)(F)F)c3)cc2)cc1. The first kappa shape index (κ1) is 26.9. The number of aryl methyl sites for hydroxylation is 1. The third kappa shape index (κ3) is 6.59. The van der Waals surface area contributed by atoms with Crippen LogP contribution in [0.4, 0.5) is 18.9 Å². The Bertz CT molecular complexity index is 1380. The van der Waals surface area contributed by atoms with Gasteiger partial charge in [0, 0.05) is 16.8 Å². The fourth-order valence-corrected chi connectivity index (χ4v) is 3.85. The molecule has 0 fully saturated rings. The van der Waals surface area contributed by atoms with E-state index in [0.29, 0.717) is 16.9 Å². The first-order chi connectivity index (χ1) is 18.1. The van der Waals surface area contributed by atoms with Crippen LogP contribution in [0.25, 0.3) is 17.1 Å². The van der Waals surface area contributed by atoms with Crippen LogP contribution in [-0.2, 0) is 12.6 Å². The number of alkyl halides is 3. The van der Waals surface area contributed by atoms with Crippen LogP contribution in [0.3, 0.4) is 0 Å². The van der Waals surface area contributed by atoms with Crippen LogP contribution in [0.15, 0.2) is 72.8 Å².